The molecule has 3 nitrogen and oxygen atoms in total. The van der Waals surface area contributed by atoms with Gasteiger partial charge in [0.1, 0.15) is 5.75 Å². The Balaban J connectivity index is 2.41. The second-order valence-corrected chi connectivity index (χ2v) is 6.81. The second kappa shape index (κ2) is 7.71. The Kier molecular flexibility index (Phi) is 5.89. The van der Waals surface area contributed by atoms with Crippen molar-refractivity contribution in [2.75, 3.05) is 0 Å². The van der Waals surface area contributed by atoms with Crippen LogP contribution in [0.3, 0.4) is 0 Å². The van der Waals surface area contributed by atoms with E-state index < -0.39 is 11.9 Å². The van der Waals surface area contributed by atoms with E-state index in [0.717, 1.165) is 22.3 Å². The number of hydrogen-bond acceptors (Lipinski definition) is 2. The van der Waals surface area contributed by atoms with E-state index >= 15 is 0 Å². The molecular weight excluding hydrogens is 324 g/mol. The van der Waals surface area contributed by atoms with Gasteiger partial charge in [-0.25, -0.2) is 0 Å². The molecule has 2 rings (SSSR count). The van der Waals surface area contributed by atoms with Gasteiger partial charge in [-0.05, 0) is 69.0 Å². The minimum Gasteiger partial charge on any atom is -0.491 e. The largest absolute Gasteiger partial charge is 0.491 e. The zero-order valence-electron chi connectivity index (χ0n) is 14.5. The summed E-state index contributed by atoms with van der Waals surface area (Å²) in [5, 5.41) is 10.3. The molecule has 0 saturated heterocycles. The topological polar surface area (TPSA) is 46.5 Å². The molecule has 2 aromatic carbocycles. The standard InChI is InChI=1S/C20H23ClO3/c1-12(2)24-19-8-6-16(21)10-15(19)11-18(20(22)23)17-7-5-13(3)9-14(17)4/h5-10,12,18H,11H2,1-4H3,(H,22,23). The predicted octanol–water partition coefficient (Wildman–Crippen LogP) is 5.15. The van der Waals surface area contributed by atoms with Crippen LogP contribution in [0.2, 0.25) is 5.02 Å². The number of hydrogen-bond donors (Lipinski definition) is 1. The molecule has 0 amide bonds. The fraction of sp³-hybridized carbons (Fsp3) is 0.350. The van der Waals surface area contributed by atoms with Gasteiger partial charge in [0.05, 0.1) is 12.0 Å². The summed E-state index contributed by atoms with van der Waals surface area (Å²) in [6.45, 7) is 7.83. The van der Waals surface area contributed by atoms with E-state index in [1.807, 2.05) is 45.9 Å². The van der Waals surface area contributed by atoms with Gasteiger partial charge in [0, 0.05) is 5.02 Å². The van der Waals surface area contributed by atoms with Crippen molar-refractivity contribution >= 4 is 17.6 Å². The maximum atomic E-state index is 11.9. The average molecular weight is 347 g/mol. The third-order valence-corrected chi connectivity index (χ3v) is 4.14. The summed E-state index contributed by atoms with van der Waals surface area (Å²) in [5.41, 5.74) is 3.73. The van der Waals surface area contributed by atoms with Gasteiger partial charge >= 0.3 is 5.97 Å². The number of carboxylic acids is 1. The zero-order chi connectivity index (χ0) is 17.9. The third-order valence-electron chi connectivity index (χ3n) is 3.91. The SMILES string of the molecule is Cc1ccc(C(Cc2cc(Cl)ccc2OC(C)C)C(=O)O)c(C)c1. The average Bonchev–Trinajstić information content (AvgIpc) is 2.47. The quantitative estimate of drug-likeness (QED) is 0.786. The Hall–Kier alpha value is -2.00. The monoisotopic (exact) mass is 346 g/mol. The number of carboxylic acid groups (broad SMARTS) is 1. The van der Waals surface area contributed by atoms with Gasteiger partial charge in [0.25, 0.3) is 0 Å². The second-order valence-electron chi connectivity index (χ2n) is 6.37. The Morgan fingerprint density at radius 2 is 1.88 bits per heavy atom. The van der Waals surface area contributed by atoms with Crippen LogP contribution in [-0.4, -0.2) is 17.2 Å². The van der Waals surface area contributed by atoms with E-state index in [4.69, 9.17) is 16.3 Å². The van der Waals surface area contributed by atoms with Crippen LogP contribution in [0.25, 0.3) is 0 Å². The Morgan fingerprint density at radius 3 is 2.46 bits per heavy atom. The molecule has 0 aliphatic heterocycles. The number of benzene rings is 2. The smallest absolute Gasteiger partial charge is 0.311 e. The van der Waals surface area contributed by atoms with Gasteiger partial charge in [0.15, 0.2) is 0 Å². The van der Waals surface area contributed by atoms with E-state index in [1.165, 1.54) is 0 Å². The van der Waals surface area contributed by atoms with E-state index in [1.54, 1.807) is 18.2 Å². The number of carbonyl (C=O) groups is 1. The van der Waals surface area contributed by atoms with E-state index in [2.05, 4.69) is 0 Å². The van der Waals surface area contributed by atoms with E-state index in [-0.39, 0.29) is 6.10 Å². The van der Waals surface area contributed by atoms with Crippen molar-refractivity contribution in [1.29, 1.82) is 0 Å². The number of aliphatic carboxylic acids is 1. The van der Waals surface area contributed by atoms with Crippen molar-refractivity contribution in [2.24, 2.45) is 0 Å². The Bertz CT molecular complexity index is 738. The first kappa shape index (κ1) is 18.3. The van der Waals surface area contributed by atoms with Crippen molar-refractivity contribution in [3.63, 3.8) is 0 Å². The summed E-state index contributed by atoms with van der Waals surface area (Å²) in [5.74, 6) is -0.804. The van der Waals surface area contributed by atoms with Gasteiger partial charge in [-0.1, -0.05) is 35.4 Å². The predicted molar refractivity (Wildman–Crippen MR) is 97.2 cm³/mol. The van der Waals surface area contributed by atoms with Crippen LogP contribution in [0.15, 0.2) is 36.4 Å². The third kappa shape index (κ3) is 4.51. The molecule has 0 heterocycles. The number of aryl methyl sites for hydroxylation is 2. The first-order chi connectivity index (χ1) is 11.3. The fourth-order valence-electron chi connectivity index (χ4n) is 2.84. The first-order valence-electron chi connectivity index (χ1n) is 8.03. The van der Waals surface area contributed by atoms with Crippen LogP contribution in [0.5, 0.6) is 5.75 Å². The highest BCUT2D eigenvalue weighted by Crippen LogP contribution is 2.31. The molecule has 1 N–H and O–H groups in total. The molecule has 1 atom stereocenters. The van der Waals surface area contributed by atoms with Crippen molar-refractivity contribution in [1.82, 2.24) is 0 Å². The highest BCUT2D eigenvalue weighted by molar-refractivity contribution is 6.30. The minimum absolute atomic E-state index is 0.00862. The van der Waals surface area contributed by atoms with Crippen molar-refractivity contribution in [3.05, 3.63) is 63.7 Å². The molecular formula is C20H23ClO3. The van der Waals surface area contributed by atoms with Crippen LogP contribution in [0.1, 0.15) is 42.0 Å². The highest BCUT2D eigenvalue weighted by Gasteiger charge is 2.24. The molecule has 2 aromatic rings. The van der Waals surface area contributed by atoms with Crippen molar-refractivity contribution in [3.8, 4) is 5.75 Å². The molecule has 24 heavy (non-hydrogen) atoms. The van der Waals surface area contributed by atoms with Crippen LogP contribution in [0, 0.1) is 13.8 Å². The lowest BCUT2D eigenvalue weighted by molar-refractivity contribution is -0.138. The van der Waals surface area contributed by atoms with E-state index in [9.17, 15) is 9.90 Å². The molecule has 0 aromatic heterocycles. The Labute approximate surface area is 148 Å². The molecule has 0 aliphatic carbocycles. The lowest BCUT2D eigenvalue weighted by Crippen LogP contribution is -2.17. The van der Waals surface area contributed by atoms with Crippen LogP contribution in [0.4, 0.5) is 0 Å². The van der Waals surface area contributed by atoms with Crippen LogP contribution in [-0.2, 0) is 11.2 Å². The lowest BCUT2D eigenvalue weighted by Gasteiger charge is -2.19. The van der Waals surface area contributed by atoms with Gasteiger partial charge in [-0.3, -0.25) is 4.79 Å². The summed E-state index contributed by atoms with van der Waals surface area (Å²) >= 11 is 6.11. The summed E-state index contributed by atoms with van der Waals surface area (Å²) in [6, 6.07) is 11.2. The maximum Gasteiger partial charge on any atom is 0.311 e. The summed E-state index contributed by atoms with van der Waals surface area (Å²) in [4.78, 5) is 11.9. The number of ether oxygens (including phenoxy) is 1. The summed E-state index contributed by atoms with van der Waals surface area (Å²) in [6.07, 6.45) is 0.344. The van der Waals surface area contributed by atoms with Crippen LogP contribution < -0.4 is 4.74 Å². The summed E-state index contributed by atoms with van der Waals surface area (Å²) < 4.78 is 5.81. The summed E-state index contributed by atoms with van der Waals surface area (Å²) in [7, 11) is 0. The van der Waals surface area contributed by atoms with Crippen LogP contribution >= 0.6 is 11.6 Å². The molecule has 0 fully saturated rings. The number of rotatable bonds is 6. The van der Waals surface area contributed by atoms with Crippen molar-refractivity contribution in [2.45, 2.75) is 46.1 Å². The van der Waals surface area contributed by atoms with Gasteiger partial charge in [-0.2, -0.15) is 0 Å². The molecule has 0 aliphatic rings. The minimum atomic E-state index is -0.850. The van der Waals surface area contributed by atoms with Crippen molar-refractivity contribution < 1.29 is 14.6 Å². The van der Waals surface area contributed by atoms with Gasteiger partial charge in [0.2, 0.25) is 0 Å². The molecule has 0 saturated carbocycles. The first-order valence-corrected chi connectivity index (χ1v) is 8.40. The van der Waals surface area contributed by atoms with Gasteiger partial charge in [-0.15, -0.1) is 0 Å². The molecule has 4 heteroatoms. The molecule has 1 unspecified atom stereocenters. The number of halogens is 1. The maximum absolute atomic E-state index is 11.9. The fourth-order valence-corrected chi connectivity index (χ4v) is 3.04. The Morgan fingerprint density at radius 1 is 1.17 bits per heavy atom. The van der Waals surface area contributed by atoms with E-state index in [0.29, 0.717) is 17.2 Å². The van der Waals surface area contributed by atoms with Gasteiger partial charge < -0.3 is 9.84 Å². The molecule has 0 radical (unpaired) electrons. The molecule has 128 valence electrons. The molecule has 0 bridgehead atoms. The highest BCUT2D eigenvalue weighted by atomic mass is 35.5. The zero-order valence-corrected chi connectivity index (χ0v) is 15.2. The normalized spacial score (nSPS) is 12.2. The molecule has 0 spiro atoms. The lowest BCUT2D eigenvalue weighted by atomic mass is 9.88.